The number of alkyl halides is 3. The Morgan fingerprint density at radius 2 is 2.11 bits per heavy atom. The quantitative estimate of drug-likeness (QED) is 0.853. The lowest BCUT2D eigenvalue weighted by Gasteiger charge is -2.12. The molecule has 1 atom stereocenters. The van der Waals surface area contributed by atoms with Gasteiger partial charge in [0, 0.05) is 18.5 Å². The minimum absolute atomic E-state index is 0.0748. The second-order valence-electron chi connectivity index (χ2n) is 4.26. The van der Waals surface area contributed by atoms with Crippen LogP contribution in [-0.4, -0.2) is 24.4 Å². The molecule has 1 saturated heterocycles. The van der Waals surface area contributed by atoms with E-state index in [0.717, 1.165) is 12.1 Å². The van der Waals surface area contributed by atoms with E-state index >= 15 is 0 Å². The van der Waals surface area contributed by atoms with E-state index in [1.165, 1.54) is 12.1 Å². The first kappa shape index (κ1) is 13.4. The molecule has 102 valence electrons. The normalized spacial score (nSPS) is 19.1. The molecular formula is C12H11F3N2O2. The van der Waals surface area contributed by atoms with Crippen molar-refractivity contribution in [1.82, 2.24) is 10.6 Å². The molecule has 1 fully saturated rings. The van der Waals surface area contributed by atoms with Crippen molar-refractivity contribution in [1.29, 1.82) is 0 Å². The van der Waals surface area contributed by atoms with E-state index in [4.69, 9.17) is 0 Å². The van der Waals surface area contributed by atoms with Crippen molar-refractivity contribution < 1.29 is 22.8 Å². The number of hydrogen-bond acceptors (Lipinski definition) is 2. The second-order valence-corrected chi connectivity index (χ2v) is 4.26. The molecule has 0 aromatic heterocycles. The Morgan fingerprint density at radius 3 is 2.68 bits per heavy atom. The third-order valence-electron chi connectivity index (χ3n) is 2.76. The van der Waals surface area contributed by atoms with Crippen LogP contribution in [0.4, 0.5) is 13.2 Å². The zero-order valence-electron chi connectivity index (χ0n) is 9.75. The molecule has 0 spiro atoms. The van der Waals surface area contributed by atoms with E-state index in [0.29, 0.717) is 6.54 Å². The van der Waals surface area contributed by atoms with Gasteiger partial charge in [-0.05, 0) is 18.2 Å². The lowest BCUT2D eigenvalue weighted by atomic mass is 10.1. The maximum Gasteiger partial charge on any atom is 0.416 e. The molecule has 0 radical (unpaired) electrons. The third kappa shape index (κ3) is 3.24. The summed E-state index contributed by atoms with van der Waals surface area (Å²) in [5, 5.41) is 5.04. The van der Waals surface area contributed by atoms with Crippen LogP contribution < -0.4 is 10.6 Å². The lowest BCUT2D eigenvalue weighted by Crippen LogP contribution is -2.36. The molecule has 1 heterocycles. The highest BCUT2D eigenvalue weighted by molar-refractivity contribution is 5.95. The van der Waals surface area contributed by atoms with E-state index in [-0.39, 0.29) is 23.9 Å². The molecule has 2 rings (SSSR count). The van der Waals surface area contributed by atoms with Gasteiger partial charge in [0.2, 0.25) is 5.91 Å². The van der Waals surface area contributed by atoms with Gasteiger partial charge < -0.3 is 10.6 Å². The number of halogens is 3. The fourth-order valence-corrected chi connectivity index (χ4v) is 1.81. The average molecular weight is 272 g/mol. The van der Waals surface area contributed by atoms with Gasteiger partial charge in [-0.15, -0.1) is 0 Å². The van der Waals surface area contributed by atoms with Crippen molar-refractivity contribution in [3.05, 3.63) is 35.4 Å². The monoisotopic (exact) mass is 272 g/mol. The first-order valence-electron chi connectivity index (χ1n) is 5.61. The second kappa shape index (κ2) is 4.91. The predicted octanol–water partition coefficient (Wildman–Crippen LogP) is 1.32. The van der Waals surface area contributed by atoms with E-state index in [9.17, 15) is 22.8 Å². The van der Waals surface area contributed by atoms with Crippen LogP contribution in [0.3, 0.4) is 0 Å². The number of rotatable bonds is 2. The Bertz CT molecular complexity index is 514. The molecule has 1 aliphatic rings. The Kier molecular flexibility index (Phi) is 3.46. The largest absolute Gasteiger partial charge is 0.416 e. The van der Waals surface area contributed by atoms with Crippen molar-refractivity contribution in [2.24, 2.45) is 0 Å². The van der Waals surface area contributed by atoms with Gasteiger partial charge in [0.05, 0.1) is 11.6 Å². The van der Waals surface area contributed by atoms with Crippen LogP contribution in [0.1, 0.15) is 22.3 Å². The third-order valence-corrected chi connectivity index (χ3v) is 2.76. The number of carbonyl (C=O) groups is 2. The molecule has 0 saturated carbocycles. The highest BCUT2D eigenvalue weighted by atomic mass is 19.4. The molecule has 1 aromatic rings. The van der Waals surface area contributed by atoms with Crippen LogP contribution in [0, 0.1) is 0 Å². The van der Waals surface area contributed by atoms with Crippen LogP contribution >= 0.6 is 0 Å². The van der Waals surface area contributed by atoms with Gasteiger partial charge in [-0.3, -0.25) is 9.59 Å². The van der Waals surface area contributed by atoms with Crippen LogP contribution in [0.2, 0.25) is 0 Å². The number of carbonyl (C=O) groups excluding carboxylic acids is 2. The molecule has 0 aliphatic carbocycles. The lowest BCUT2D eigenvalue weighted by molar-refractivity contribution is -0.137. The minimum atomic E-state index is -4.48. The summed E-state index contributed by atoms with van der Waals surface area (Å²) >= 11 is 0. The summed E-state index contributed by atoms with van der Waals surface area (Å²) in [6.07, 6.45) is -4.34. The summed E-state index contributed by atoms with van der Waals surface area (Å²) in [6, 6.07) is 3.79. The van der Waals surface area contributed by atoms with Gasteiger partial charge in [0.25, 0.3) is 5.91 Å². The van der Waals surface area contributed by atoms with Gasteiger partial charge >= 0.3 is 6.18 Å². The van der Waals surface area contributed by atoms with Crippen LogP contribution in [0.15, 0.2) is 24.3 Å². The van der Waals surface area contributed by atoms with Crippen molar-refractivity contribution in [3.8, 4) is 0 Å². The Morgan fingerprint density at radius 1 is 1.37 bits per heavy atom. The number of amides is 2. The molecule has 2 N–H and O–H groups in total. The Labute approximate surface area is 107 Å². The summed E-state index contributed by atoms with van der Waals surface area (Å²) in [4.78, 5) is 22.7. The van der Waals surface area contributed by atoms with Crippen molar-refractivity contribution >= 4 is 11.8 Å². The fourth-order valence-electron chi connectivity index (χ4n) is 1.81. The van der Waals surface area contributed by atoms with E-state index in [1.54, 1.807) is 0 Å². The molecular weight excluding hydrogens is 261 g/mol. The Hall–Kier alpha value is -2.05. The topological polar surface area (TPSA) is 58.2 Å². The molecule has 1 unspecified atom stereocenters. The summed E-state index contributed by atoms with van der Waals surface area (Å²) in [5.41, 5.74) is -0.949. The summed E-state index contributed by atoms with van der Waals surface area (Å²) in [7, 11) is 0. The summed E-state index contributed by atoms with van der Waals surface area (Å²) in [5.74, 6) is -0.804. The molecule has 1 aromatic carbocycles. The molecule has 2 amide bonds. The van der Waals surface area contributed by atoms with Crippen molar-refractivity contribution in [3.63, 3.8) is 0 Å². The highest BCUT2D eigenvalue weighted by Crippen LogP contribution is 2.29. The zero-order valence-corrected chi connectivity index (χ0v) is 9.75. The van der Waals surface area contributed by atoms with Crippen LogP contribution in [0.25, 0.3) is 0 Å². The van der Waals surface area contributed by atoms with Crippen molar-refractivity contribution in [2.45, 2.75) is 18.6 Å². The zero-order chi connectivity index (χ0) is 14.0. The van der Waals surface area contributed by atoms with Crippen LogP contribution in [-0.2, 0) is 11.0 Å². The first-order valence-corrected chi connectivity index (χ1v) is 5.61. The fraction of sp³-hybridized carbons (Fsp3) is 0.333. The number of hydrogen-bond donors (Lipinski definition) is 2. The molecule has 4 nitrogen and oxygen atoms in total. The maximum atomic E-state index is 12.5. The van der Waals surface area contributed by atoms with Gasteiger partial charge in [0.15, 0.2) is 0 Å². The SMILES string of the molecule is O=C1CC(NC(=O)c2cccc(C(F)(F)F)c2)CN1. The highest BCUT2D eigenvalue weighted by Gasteiger charge is 2.31. The number of benzene rings is 1. The average Bonchev–Trinajstić information content (AvgIpc) is 2.74. The standard InChI is InChI=1S/C12H11F3N2O2/c13-12(14,15)8-3-1-2-7(4-8)11(19)17-9-5-10(18)16-6-9/h1-4,9H,5-6H2,(H,16,18)(H,17,19). The predicted molar refractivity (Wildman–Crippen MR) is 60.3 cm³/mol. The van der Waals surface area contributed by atoms with Gasteiger partial charge in [-0.25, -0.2) is 0 Å². The van der Waals surface area contributed by atoms with Crippen molar-refractivity contribution in [2.75, 3.05) is 6.54 Å². The van der Waals surface area contributed by atoms with Crippen LogP contribution in [0.5, 0.6) is 0 Å². The van der Waals surface area contributed by atoms with E-state index in [2.05, 4.69) is 10.6 Å². The van der Waals surface area contributed by atoms with Gasteiger partial charge in [0.1, 0.15) is 0 Å². The Balaban J connectivity index is 2.09. The van der Waals surface area contributed by atoms with Gasteiger partial charge in [-0.2, -0.15) is 13.2 Å². The van der Waals surface area contributed by atoms with E-state index < -0.39 is 17.6 Å². The van der Waals surface area contributed by atoms with Gasteiger partial charge in [-0.1, -0.05) is 6.07 Å². The molecule has 19 heavy (non-hydrogen) atoms. The number of nitrogens with one attached hydrogen (secondary N) is 2. The molecule has 0 bridgehead atoms. The van der Waals surface area contributed by atoms with E-state index in [1.807, 2.05) is 0 Å². The summed E-state index contributed by atoms with van der Waals surface area (Å²) < 4.78 is 37.5. The molecule has 7 heteroatoms. The smallest absolute Gasteiger partial charge is 0.354 e. The molecule has 1 aliphatic heterocycles. The maximum absolute atomic E-state index is 12.5. The minimum Gasteiger partial charge on any atom is -0.354 e. The first-order chi connectivity index (χ1) is 8.86. The summed E-state index contributed by atoms with van der Waals surface area (Å²) in [6.45, 7) is 0.295.